The minimum Gasteiger partial charge on any atom is -0.395 e. The first-order chi connectivity index (χ1) is 7.97. The molecule has 0 bridgehead atoms. The number of unbranched alkanes of at least 4 members (excludes halogenated alkanes) is 1. The van der Waals surface area contributed by atoms with Crippen LogP contribution in [0.25, 0.3) is 0 Å². The number of carbonyl (C=O) groups excluding carboxylic acids is 1. The maximum atomic E-state index is 12.1. The summed E-state index contributed by atoms with van der Waals surface area (Å²) in [6.07, 6.45) is 4.14. The second-order valence-corrected chi connectivity index (χ2v) is 7.10. The molecule has 0 fully saturated rings. The van der Waals surface area contributed by atoms with Gasteiger partial charge >= 0.3 is 0 Å². The van der Waals surface area contributed by atoms with E-state index in [9.17, 15) is 9.90 Å². The van der Waals surface area contributed by atoms with Gasteiger partial charge in [-0.1, -0.05) is 45.2 Å². The normalized spacial score (nSPS) is 24.7. The van der Waals surface area contributed by atoms with Crippen molar-refractivity contribution in [2.75, 3.05) is 13.2 Å². The summed E-state index contributed by atoms with van der Waals surface area (Å²) in [5.41, 5.74) is -0.783. The maximum Gasteiger partial charge on any atom is 0.252 e. The van der Waals surface area contributed by atoms with E-state index in [0.29, 0.717) is 12.0 Å². The largest absolute Gasteiger partial charge is 0.395 e. The van der Waals surface area contributed by atoms with Crippen LogP contribution in [0.15, 0.2) is 11.6 Å². The van der Waals surface area contributed by atoms with Gasteiger partial charge in [-0.3, -0.25) is 4.79 Å². The van der Waals surface area contributed by atoms with Crippen LogP contribution in [0.2, 0.25) is 0 Å². The van der Waals surface area contributed by atoms with Crippen LogP contribution in [0, 0.1) is 0 Å². The van der Waals surface area contributed by atoms with E-state index in [1.807, 2.05) is 0 Å². The molecule has 2 N–H and O–H groups in total. The van der Waals surface area contributed by atoms with Gasteiger partial charge in [0.25, 0.3) is 5.91 Å². The van der Waals surface area contributed by atoms with E-state index in [2.05, 4.69) is 38.8 Å². The molecular weight excluding hydrogens is 354 g/mol. The first kappa shape index (κ1) is 15.1. The zero-order chi connectivity index (χ0) is 13.1. The molecule has 17 heavy (non-hydrogen) atoms. The second-order valence-electron chi connectivity index (χ2n) is 4.04. The Balaban J connectivity index is 2.92. The van der Waals surface area contributed by atoms with Crippen molar-refractivity contribution in [1.82, 2.24) is 4.90 Å². The van der Waals surface area contributed by atoms with Crippen LogP contribution in [0.1, 0.15) is 26.2 Å². The van der Waals surface area contributed by atoms with Gasteiger partial charge in [0.15, 0.2) is 5.72 Å². The zero-order valence-corrected chi connectivity index (χ0v) is 12.9. The highest BCUT2D eigenvalue weighted by Crippen LogP contribution is 2.36. The van der Waals surface area contributed by atoms with E-state index >= 15 is 0 Å². The molecule has 1 amide bonds. The highest BCUT2D eigenvalue weighted by atomic mass is 79.9. The number of carbonyl (C=O) groups is 1. The van der Waals surface area contributed by atoms with Crippen molar-refractivity contribution in [2.45, 2.75) is 35.6 Å². The summed E-state index contributed by atoms with van der Waals surface area (Å²) in [6.45, 7) is 2.00. The molecule has 6 heteroatoms. The molecule has 1 aliphatic rings. The number of halogens is 2. The van der Waals surface area contributed by atoms with Crippen LogP contribution in [-0.4, -0.2) is 43.6 Å². The lowest BCUT2D eigenvalue weighted by Crippen LogP contribution is -2.51. The number of aliphatic hydroxyl groups is 2. The monoisotopic (exact) mass is 369 g/mol. The van der Waals surface area contributed by atoms with E-state index in [1.165, 1.54) is 4.90 Å². The van der Waals surface area contributed by atoms with Crippen LogP contribution < -0.4 is 0 Å². The molecule has 0 aromatic carbocycles. The van der Waals surface area contributed by atoms with Crippen molar-refractivity contribution in [3.63, 3.8) is 0 Å². The molecular formula is C11H17Br2NO3. The summed E-state index contributed by atoms with van der Waals surface area (Å²) in [4.78, 5) is 13.4. The summed E-state index contributed by atoms with van der Waals surface area (Å²) in [6, 6.07) is 0. The van der Waals surface area contributed by atoms with Gasteiger partial charge in [-0.05, 0) is 18.9 Å². The number of rotatable bonds is 6. The number of amides is 1. The van der Waals surface area contributed by atoms with Crippen molar-refractivity contribution in [3.8, 4) is 0 Å². The van der Waals surface area contributed by atoms with Crippen LogP contribution in [0.4, 0.5) is 0 Å². The lowest BCUT2D eigenvalue weighted by atomic mass is 10.1. The van der Waals surface area contributed by atoms with Crippen molar-refractivity contribution in [1.29, 1.82) is 0 Å². The first-order valence-electron chi connectivity index (χ1n) is 5.62. The van der Waals surface area contributed by atoms with E-state index in [0.717, 1.165) is 12.8 Å². The summed E-state index contributed by atoms with van der Waals surface area (Å²) >= 11 is 6.47. The number of nitrogens with zero attached hydrogens (tertiary/aromatic N) is 1. The molecule has 0 aromatic rings. The fourth-order valence-corrected chi connectivity index (χ4v) is 2.60. The molecule has 0 radical (unpaired) electrons. The molecule has 1 atom stereocenters. The fourth-order valence-electron chi connectivity index (χ4n) is 1.84. The molecule has 1 aliphatic heterocycles. The van der Waals surface area contributed by atoms with Gasteiger partial charge in [0.05, 0.1) is 6.61 Å². The number of hydrogen-bond acceptors (Lipinski definition) is 3. The topological polar surface area (TPSA) is 60.8 Å². The summed E-state index contributed by atoms with van der Waals surface area (Å²) in [5, 5.41) is 19.4. The van der Waals surface area contributed by atoms with Crippen molar-refractivity contribution < 1.29 is 15.0 Å². The predicted octanol–water partition coefficient (Wildman–Crippen LogP) is 1.74. The van der Waals surface area contributed by atoms with E-state index in [4.69, 9.17) is 5.11 Å². The lowest BCUT2D eigenvalue weighted by molar-refractivity contribution is -0.140. The Bertz CT molecular complexity index is 320. The molecule has 0 spiro atoms. The maximum absolute atomic E-state index is 12.1. The Morgan fingerprint density at radius 2 is 2.18 bits per heavy atom. The fraction of sp³-hybridized carbons (Fsp3) is 0.727. The Hall–Kier alpha value is 0.0900. The predicted molar refractivity (Wildman–Crippen MR) is 73.0 cm³/mol. The summed E-state index contributed by atoms with van der Waals surface area (Å²) < 4.78 is -0.461. The van der Waals surface area contributed by atoms with Crippen LogP contribution >= 0.6 is 31.9 Å². The van der Waals surface area contributed by atoms with Gasteiger partial charge in [0.1, 0.15) is 3.74 Å². The molecule has 0 aliphatic carbocycles. The Labute approximate surface area is 118 Å². The molecule has 0 aromatic heterocycles. The zero-order valence-electron chi connectivity index (χ0n) is 9.70. The van der Waals surface area contributed by atoms with Crippen molar-refractivity contribution in [3.05, 3.63) is 11.6 Å². The number of alkyl halides is 2. The minimum absolute atomic E-state index is 0.120. The van der Waals surface area contributed by atoms with Gasteiger partial charge in [0.2, 0.25) is 0 Å². The van der Waals surface area contributed by atoms with Crippen molar-refractivity contribution in [2.24, 2.45) is 0 Å². The van der Waals surface area contributed by atoms with E-state index in [-0.39, 0.29) is 19.1 Å². The number of aliphatic hydroxyl groups excluding tert-OH is 1. The van der Waals surface area contributed by atoms with Gasteiger partial charge in [-0.2, -0.15) is 0 Å². The highest BCUT2D eigenvalue weighted by molar-refractivity contribution is 9.24. The molecule has 0 saturated carbocycles. The average Bonchev–Trinajstić information content (AvgIpc) is 2.52. The van der Waals surface area contributed by atoms with Crippen LogP contribution in [-0.2, 0) is 4.79 Å². The molecule has 0 saturated heterocycles. The standard InChI is InChI=1S/C11H17Br2NO3/c1-2-3-4-8-7-11(17,10(12)13)14(5-6-15)9(8)16/h7,10,15,17H,2-6H2,1H3. The van der Waals surface area contributed by atoms with Gasteiger partial charge in [0, 0.05) is 12.1 Å². The summed E-state index contributed by atoms with van der Waals surface area (Å²) in [7, 11) is 0. The van der Waals surface area contributed by atoms with Gasteiger partial charge in [-0.25, -0.2) is 0 Å². The number of hydrogen-bond donors (Lipinski definition) is 2. The molecule has 1 heterocycles. The van der Waals surface area contributed by atoms with E-state index in [1.54, 1.807) is 6.08 Å². The lowest BCUT2D eigenvalue weighted by Gasteiger charge is -2.34. The number of β-amino-alcohol motifs (C(OH)–C–C–N with tert-alkyl or cyclic N) is 1. The molecule has 1 rings (SSSR count). The van der Waals surface area contributed by atoms with Gasteiger partial charge in [-0.15, -0.1) is 0 Å². The smallest absolute Gasteiger partial charge is 0.252 e. The molecule has 98 valence electrons. The third-order valence-corrected chi connectivity index (χ3v) is 4.13. The Morgan fingerprint density at radius 1 is 1.53 bits per heavy atom. The summed E-state index contributed by atoms with van der Waals surface area (Å²) in [5.74, 6) is -0.195. The Kier molecular flexibility index (Phi) is 5.63. The Morgan fingerprint density at radius 3 is 2.65 bits per heavy atom. The second kappa shape index (κ2) is 6.31. The molecule has 1 unspecified atom stereocenters. The third-order valence-electron chi connectivity index (χ3n) is 2.78. The van der Waals surface area contributed by atoms with Crippen molar-refractivity contribution >= 4 is 37.8 Å². The quantitative estimate of drug-likeness (QED) is 0.700. The first-order valence-corrected chi connectivity index (χ1v) is 7.45. The molecule has 4 nitrogen and oxygen atoms in total. The van der Waals surface area contributed by atoms with Gasteiger partial charge < -0.3 is 15.1 Å². The average molecular weight is 371 g/mol. The SMILES string of the molecule is CCCCC1=CC(O)(C(Br)Br)N(CCO)C1=O. The van der Waals surface area contributed by atoms with Crippen LogP contribution in [0.5, 0.6) is 0 Å². The van der Waals surface area contributed by atoms with E-state index < -0.39 is 9.46 Å². The highest BCUT2D eigenvalue weighted by Gasteiger charge is 2.46. The third kappa shape index (κ3) is 3.10. The minimum atomic E-state index is -1.40. The van der Waals surface area contributed by atoms with Crippen LogP contribution in [0.3, 0.4) is 0 Å².